The minimum absolute atomic E-state index is 0.00448. The molecule has 0 aromatic heterocycles. The summed E-state index contributed by atoms with van der Waals surface area (Å²) in [5.74, 6) is 0.807. The standard InChI is InChI=1S/C17H25NO4S/c1-4-23(20,21)15-7-9-18(10-8-15)17(19)12-22-16-11-13(2)5-6-14(16)3/h5-6,11,15H,4,7-10,12H2,1-3H3. The second-order valence-electron chi connectivity index (χ2n) is 6.09. The first-order chi connectivity index (χ1) is 10.8. The summed E-state index contributed by atoms with van der Waals surface area (Å²) in [5.41, 5.74) is 2.08. The molecule has 5 nitrogen and oxygen atoms in total. The Hall–Kier alpha value is -1.56. The Labute approximate surface area is 138 Å². The molecule has 0 spiro atoms. The zero-order valence-corrected chi connectivity index (χ0v) is 14.9. The van der Waals surface area contributed by atoms with Gasteiger partial charge in [0.15, 0.2) is 16.4 Å². The molecule has 1 aromatic carbocycles. The predicted molar refractivity (Wildman–Crippen MR) is 90.5 cm³/mol. The summed E-state index contributed by atoms with van der Waals surface area (Å²) in [6, 6.07) is 5.89. The van der Waals surface area contributed by atoms with Crippen LogP contribution in [0.4, 0.5) is 0 Å². The van der Waals surface area contributed by atoms with Crippen molar-refractivity contribution in [2.24, 2.45) is 0 Å². The van der Waals surface area contributed by atoms with Crippen LogP contribution in [0.15, 0.2) is 18.2 Å². The molecule has 0 unspecified atom stereocenters. The van der Waals surface area contributed by atoms with Gasteiger partial charge in [0.05, 0.1) is 5.25 Å². The number of likely N-dealkylation sites (tertiary alicyclic amines) is 1. The molecule has 0 radical (unpaired) electrons. The number of ether oxygens (including phenoxy) is 1. The second-order valence-corrected chi connectivity index (χ2v) is 8.66. The smallest absolute Gasteiger partial charge is 0.260 e. The Morgan fingerprint density at radius 1 is 1.26 bits per heavy atom. The van der Waals surface area contributed by atoms with Crippen molar-refractivity contribution in [2.45, 2.75) is 38.9 Å². The highest BCUT2D eigenvalue weighted by Gasteiger charge is 2.30. The summed E-state index contributed by atoms with van der Waals surface area (Å²) in [4.78, 5) is 13.9. The number of piperidine rings is 1. The van der Waals surface area contributed by atoms with Gasteiger partial charge in [0.1, 0.15) is 5.75 Å². The van der Waals surface area contributed by atoms with Crippen LogP contribution in [0.3, 0.4) is 0 Å². The van der Waals surface area contributed by atoms with Crippen molar-refractivity contribution in [1.29, 1.82) is 0 Å². The van der Waals surface area contributed by atoms with Crippen LogP contribution in [0.1, 0.15) is 30.9 Å². The van der Waals surface area contributed by atoms with Gasteiger partial charge in [-0.25, -0.2) is 8.42 Å². The maximum absolute atomic E-state index is 12.2. The summed E-state index contributed by atoms with van der Waals surface area (Å²) in [7, 11) is -3.01. The van der Waals surface area contributed by atoms with Crippen molar-refractivity contribution >= 4 is 15.7 Å². The molecule has 0 bridgehead atoms. The van der Waals surface area contributed by atoms with E-state index in [1.54, 1.807) is 11.8 Å². The maximum atomic E-state index is 12.2. The molecule has 0 saturated carbocycles. The summed E-state index contributed by atoms with van der Waals surface area (Å²) in [6.07, 6.45) is 1.04. The minimum atomic E-state index is -3.01. The molecule has 2 rings (SSSR count). The van der Waals surface area contributed by atoms with Crippen LogP contribution in [0.2, 0.25) is 0 Å². The predicted octanol–water partition coefficient (Wildman–Crippen LogP) is 2.11. The average molecular weight is 339 g/mol. The fourth-order valence-electron chi connectivity index (χ4n) is 2.79. The van der Waals surface area contributed by atoms with E-state index < -0.39 is 9.84 Å². The van der Waals surface area contributed by atoms with E-state index in [0.717, 1.165) is 16.9 Å². The van der Waals surface area contributed by atoms with E-state index in [-0.39, 0.29) is 23.5 Å². The molecule has 1 saturated heterocycles. The molecule has 0 N–H and O–H groups in total. The first kappa shape index (κ1) is 17.8. The van der Waals surface area contributed by atoms with Gasteiger partial charge in [-0.3, -0.25) is 4.79 Å². The Morgan fingerprint density at radius 3 is 2.52 bits per heavy atom. The number of hydrogen-bond acceptors (Lipinski definition) is 4. The maximum Gasteiger partial charge on any atom is 0.260 e. The van der Waals surface area contributed by atoms with Gasteiger partial charge in [-0.1, -0.05) is 19.1 Å². The number of nitrogens with zero attached hydrogens (tertiary/aromatic N) is 1. The van der Waals surface area contributed by atoms with Gasteiger partial charge in [0, 0.05) is 18.8 Å². The lowest BCUT2D eigenvalue weighted by Crippen LogP contribution is -2.44. The number of carbonyl (C=O) groups excluding carboxylic acids is 1. The van der Waals surface area contributed by atoms with Gasteiger partial charge in [0.25, 0.3) is 5.91 Å². The third-order valence-corrected chi connectivity index (χ3v) is 6.69. The largest absolute Gasteiger partial charge is 0.483 e. The van der Waals surface area contributed by atoms with Crippen molar-refractivity contribution < 1.29 is 17.9 Å². The molecule has 1 aromatic rings. The van der Waals surface area contributed by atoms with Gasteiger partial charge in [-0.15, -0.1) is 0 Å². The molecule has 1 aliphatic rings. The average Bonchev–Trinajstić information content (AvgIpc) is 2.55. The molecule has 1 fully saturated rings. The second kappa shape index (κ2) is 7.34. The van der Waals surface area contributed by atoms with Crippen LogP contribution in [0.25, 0.3) is 0 Å². The van der Waals surface area contributed by atoms with E-state index in [9.17, 15) is 13.2 Å². The summed E-state index contributed by atoms with van der Waals surface area (Å²) >= 11 is 0. The molecule has 23 heavy (non-hydrogen) atoms. The first-order valence-corrected chi connectivity index (χ1v) is 9.74. The van der Waals surface area contributed by atoms with Crippen LogP contribution >= 0.6 is 0 Å². The van der Waals surface area contributed by atoms with Gasteiger partial charge in [-0.2, -0.15) is 0 Å². The van der Waals surface area contributed by atoms with Crippen molar-refractivity contribution in [3.8, 4) is 5.75 Å². The topological polar surface area (TPSA) is 63.7 Å². The van der Waals surface area contributed by atoms with Crippen molar-refractivity contribution in [3.05, 3.63) is 29.3 Å². The minimum Gasteiger partial charge on any atom is -0.483 e. The van der Waals surface area contributed by atoms with Crippen LogP contribution in [0.5, 0.6) is 5.75 Å². The van der Waals surface area contributed by atoms with E-state index >= 15 is 0 Å². The van der Waals surface area contributed by atoms with Crippen molar-refractivity contribution in [1.82, 2.24) is 4.90 Å². The Bertz CT molecular complexity index is 661. The van der Waals surface area contributed by atoms with Crippen molar-refractivity contribution in [3.63, 3.8) is 0 Å². The zero-order chi connectivity index (χ0) is 17.0. The van der Waals surface area contributed by atoms with E-state index in [1.165, 1.54) is 0 Å². The number of sulfone groups is 1. The Balaban J connectivity index is 1.87. The third-order valence-electron chi connectivity index (χ3n) is 4.40. The molecule has 6 heteroatoms. The Kier molecular flexibility index (Phi) is 5.68. The van der Waals surface area contributed by atoms with Crippen LogP contribution in [0, 0.1) is 13.8 Å². The van der Waals surface area contributed by atoms with E-state index in [4.69, 9.17) is 4.74 Å². The Morgan fingerprint density at radius 2 is 1.91 bits per heavy atom. The van der Waals surface area contributed by atoms with E-state index in [2.05, 4.69) is 0 Å². The van der Waals surface area contributed by atoms with Gasteiger partial charge in [0.2, 0.25) is 0 Å². The molecular formula is C17H25NO4S. The molecule has 1 amide bonds. The van der Waals surface area contributed by atoms with Crippen LogP contribution < -0.4 is 4.74 Å². The quantitative estimate of drug-likeness (QED) is 0.824. The molecule has 0 atom stereocenters. The highest BCUT2D eigenvalue weighted by atomic mass is 32.2. The summed E-state index contributed by atoms with van der Waals surface area (Å²) in [5, 5.41) is -0.309. The lowest BCUT2D eigenvalue weighted by atomic mass is 10.1. The number of amides is 1. The number of benzene rings is 1. The first-order valence-electron chi connectivity index (χ1n) is 8.03. The summed E-state index contributed by atoms with van der Waals surface area (Å²) < 4.78 is 29.4. The molecule has 1 aliphatic heterocycles. The van der Waals surface area contributed by atoms with Gasteiger partial charge >= 0.3 is 0 Å². The fourth-order valence-corrected chi connectivity index (χ4v) is 4.19. The van der Waals surface area contributed by atoms with Gasteiger partial charge in [-0.05, 0) is 43.9 Å². The molecule has 0 aliphatic carbocycles. The van der Waals surface area contributed by atoms with E-state index in [1.807, 2.05) is 32.0 Å². The van der Waals surface area contributed by atoms with Crippen LogP contribution in [-0.2, 0) is 14.6 Å². The summed E-state index contributed by atoms with van der Waals surface area (Å²) in [6.45, 7) is 6.56. The zero-order valence-electron chi connectivity index (χ0n) is 14.0. The van der Waals surface area contributed by atoms with Crippen molar-refractivity contribution in [2.75, 3.05) is 25.4 Å². The van der Waals surface area contributed by atoms with Gasteiger partial charge < -0.3 is 9.64 Å². The fraction of sp³-hybridized carbons (Fsp3) is 0.588. The normalized spacial score (nSPS) is 16.4. The number of carbonyl (C=O) groups is 1. The number of rotatable bonds is 5. The molecule has 1 heterocycles. The SMILES string of the molecule is CCS(=O)(=O)C1CCN(C(=O)COc2cc(C)ccc2C)CC1. The monoisotopic (exact) mass is 339 g/mol. The highest BCUT2D eigenvalue weighted by Crippen LogP contribution is 2.21. The lowest BCUT2D eigenvalue weighted by Gasteiger charge is -2.31. The third kappa shape index (κ3) is 4.47. The highest BCUT2D eigenvalue weighted by molar-refractivity contribution is 7.92. The van der Waals surface area contributed by atoms with Crippen LogP contribution in [-0.4, -0.2) is 49.9 Å². The number of hydrogen-bond donors (Lipinski definition) is 0. The molecular weight excluding hydrogens is 314 g/mol. The number of aryl methyl sites for hydroxylation is 2. The van der Waals surface area contributed by atoms with E-state index in [0.29, 0.717) is 25.9 Å². The lowest BCUT2D eigenvalue weighted by molar-refractivity contribution is -0.134. The molecule has 128 valence electrons.